The van der Waals surface area contributed by atoms with Gasteiger partial charge in [-0.05, 0) is 31.5 Å². The summed E-state index contributed by atoms with van der Waals surface area (Å²) in [5.74, 6) is 1.37. The van der Waals surface area contributed by atoms with E-state index in [0.717, 1.165) is 38.2 Å². The number of para-hydroxylation sites is 1. The fourth-order valence-electron chi connectivity index (χ4n) is 3.90. The topological polar surface area (TPSA) is 70.1 Å². The van der Waals surface area contributed by atoms with Crippen LogP contribution in [0.4, 0.5) is 0 Å². The zero-order chi connectivity index (χ0) is 17.7. The first-order chi connectivity index (χ1) is 12.1. The second-order valence-corrected chi connectivity index (χ2v) is 9.03. The molecule has 2 heterocycles. The van der Waals surface area contributed by atoms with Gasteiger partial charge in [-0.1, -0.05) is 18.2 Å². The van der Waals surface area contributed by atoms with E-state index in [2.05, 4.69) is 9.80 Å². The molecule has 0 radical (unpaired) electrons. The monoisotopic (exact) mass is 368 g/mol. The van der Waals surface area contributed by atoms with Gasteiger partial charge in [0, 0.05) is 31.7 Å². The summed E-state index contributed by atoms with van der Waals surface area (Å²) >= 11 is 0. The highest BCUT2D eigenvalue weighted by Gasteiger charge is 2.45. The number of unbranched alkanes of at least 4 members (excludes halogenated alkanes) is 1. The van der Waals surface area contributed by atoms with E-state index in [1.54, 1.807) is 0 Å². The number of aliphatic hydroxyl groups is 1. The molecule has 0 aromatic heterocycles. The van der Waals surface area contributed by atoms with Crippen molar-refractivity contribution in [2.75, 3.05) is 50.9 Å². The van der Waals surface area contributed by atoms with Crippen LogP contribution in [0, 0.1) is 0 Å². The highest BCUT2D eigenvalue weighted by Crippen LogP contribution is 2.27. The van der Waals surface area contributed by atoms with E-state index in [0.29, 0.717) is 13.2 Å². The lowest BCUT2D eigenvalue weighted by Crippen LogP contribution is -2.59. The molecule has 2 aliphatic rings. The van der Waals surface area contributed by atoms with Crippen molar-refractivity contribution in [2.45, 2.75) is 24.9 Å². The lowest BCUT2D eigenvalue weighted by atomic mass is 10.0. The maximum absolute atomic E-state index is 12.1. The maximum atomic E-state index is 12.1. The number of benzene rings is 1. The highest BCUT2D eigenvalue weighted by atomic mass is 32.2. The Morgan fingerprint density at radius 1 is 1.00 bits per heavy atom. The molecule has 2 saturated heterocycles. The van der Waals surface area contributed by atoms with Crippen molar-refractivity contribution in [2.24, 2.45) is 0 Å². The van der Waals surface area contributed by atoms with Crippen molar-refractivity contribution in [1.29, 1.82) is 0 Å². The first kappa shape index (κ1) is 18.6. The zero-order valence-corrected chi connectivity index (χ0v) is 15.4. The van der Waals surface area contributed by atoms with Crippen LogP contribution < -0.4 is 4.74 Å². The van der Waals surface area contributed by atoms with E-state index < -0.39 is 9.84 Å². The van der Waals surface area contributed by atoms with Gasteiger partial charge in [0.1, 0.15) is 5.75 Å². The van der Waals surface area contributed by atoms with Crippen molar-refractivity contribution in [1.82, 2.24) is 9.80 Å². The molecule has 0 amide bonds. The number of rotatable bonds is 8. The van der Waals surface area contributed by atoms with Crippen LogP contribution in [-0.2, 0) is 9.84 Å². The molecule has 3 rings (SSSR count). The molecule has 2 atom stereocenters. The minimum absolute atomic E-state index is 0.0338. The molecule has 2 fully saturated rings. The number of hydrogen-bond acceptors (Lipinski definition) is 6. The lowest BCUT2D eigenvalue weighted by Gasteiger charge is -2.43. The molecule has 25 heavy (non-hydrogen) atoms. The zero-order valence-electron chi connectivity index (χ0n) is 14.6. The van der Waals surface area contributed by atoms with Gasteiger partial charge in [0.2, 0.25) is 0 Å². The van der Waals surface area contributed by atoms with Crippen LogP contribution in [0.3, 0.4) is 0 Å². The molecule has 6 nitrogen and oxygen atoms in total. The van der Waals surface area contributed by atoms with Gasteiger partial charge in [0.05, 0.1) is 24.7 Å². The van der Waals surface area contributed by atoms with Gasteiger partial charge < -0.3 is 9.84 Å². The molecule has 140 valence electrons. The van der Waals surface area contributed by atoms with E-state index in [4.69, 9.17) is 4.74 Å². The third-order valence-corrected chi connectivity index (χ3v) is 6.84. The van der Waals surface area contributed by atoms with E-state index >= 15 is 0 Å². The molecular weight excluding hydrogens is 340 g/mol. The van der Waals surface area contributed by atoms with Crippen LogP contribution in [-0.4, -0.2) is 86.3 Å². The van der Waals surface area contributed by atoms with Crippen molar-refractivity contribution in [3.63, 3.8) is 0 Å². The quantitative estimate of drug-likeness (QED) is 0.679. The Kier molecular flexibility index (Phi) is 6.33. The predicted octanol–water partition coefficient (Wildman–Crippen LogP) is 0.621. The Morgan fingerprint density at radius 3 is 2.28 bits per heavy atom. The molecule has 7 heteroatoms. The smallest absolute Gasteiger partial charge is 0.153 e. The molecule has 1 N–H and O–H groups in total. The number of aliphatic hydroxyl groups excluding tert-OH is 1. The second-order valence-electron chi connectivity index (χ2n) is 6.88. The van der Waals surface area contributed by atoms with Crippen LogP contribution in [0.2, 0.25) is 0 Å². The van der Waals surface area contributed by atoms with Crippen LogP contribution in [0.1, 0.15) is 12.8 Å². The lowest BCUT2D eigenvalue weighted by molar-refractivity contribution is 0.0339. The van der Waals surface area contributed by atoms with Gasteiger partial charge in [0.15, 0.2) is 9.84 Å². The van der Waals surface area contributed by atoms with Crippen LogP contribution >= 0.6 is 0 Å². The Balaban J connectivity index is 1.46. The normalized spacial score (nSPS) is 26.4. The van der Waals surface area contributed by atoms with Gasteiger partial charge >= 0.3 is 0 Å². The first-order valence-electron chi connectivity index (χ1n) is 9.06. The average molecular weight is 368 g/mol. The molecule has 1 aromatic rings. The van der Waals surface area contributed by atoms with Crippen molar-refractivity contribution in [3.05, 3.63) is 30.3 Å². The number of fused-ring (bicyclic) bond motifs is 1. The third-order valence-electron chi connectivity index (χ3n) is 5.14. The first-order valence-corrected chi connectivity index (χ1v) is 10.9. The molecule has 0 spiro atoms. The number of sulfone groups is 1. The molecule has 1 aromatic carbocycles. The van der Waals surface area contributed by atoms with Crippen LogP contribution in [0.5, 0.6) is 5.75 Å². The summed E-state index contributed by atoms with van der Waals surface area (Å²) in [5.41, 5.74) is 0. The van der Waals surface area contributed by atoms with Crippen molar-refractivity contribution >= 4 is 9.84 Å². The van der Waals surface area contributed by atoms with Gasteiger partial charge in [-0.25, -0.2) is 8.42 Å². The standard InChI is InChI=1S/C18H28N2O4S/c21-12-11-20-10-9-19(17-14-25(22,23)15-18(17)20)8-4-5-13-24-16-6-2-1-3-7-16/h1-3,6-7,17-18,21H,4-5,8-15H2/t17-,18+/m1/s1. The van der Waals surface area contributed by atoms with E-state index in [9.17, 15) is 13.5 Å². The molecule has 0 bridgehead atoms. The summed E-state index contributed by atoms with van der Waals surface area (Å²) in [7, 11) is -2.97. The predicted molar refractivity (Wildman–Crippen MR) is 97.6 cm³/mol. The summed E-state index contributed by atoms with van der Waals surface area (Å²) in [5, 5.41) is 9.21. The SMILES string of the molecule is O=S1(=O)C[C@@H]2[C@H](C1)N(CCO)CCN2CCCCOc1ccccc1. The van der Waals surface area contributed by atoms with Gasteiger partial charge in [-0.15, -0.1) is 0 Å². The summed E-state index contributed by atoms with van der Waals surface area (Å²) in [6.07, 6.45) is 1.95. The minimum Gasteiger partial charge on any atom is -0.494 e. The number of ether oxygens (including phenoxy) is 1. The summed E-state index contributed by atoms with van der Waals surface area (Å²) in [4.78, 5) is 4.47. The fraction of sp³-hybridized carbons (Fsp3) is 0.667. The van der Waals surface area contributed by atoms with Gasteiger partial charge in [0.25, 0.3) is 0 Å². The number of nitrogens with zero attached hydrogens (tertiary/aromatic N) is 2. The van der Waals surface area contributed by atoms with E-state index in [-0.39, 0.29) is 30.2 Å². The Bertz CT molecular complexity index is 638. The summed E-state index contributed by atoms with van der Waals surface area (Å²) in [6.45, 7) is 3.94. The largest absolute Gasteiger partial charge is 0.494 e. The number of β-amino-alcohol motifs (C(OH)–C–C–N with tert-alkyl or cyclic N) is 1. The van der Waals surface area contributed by atoms with Crippen LogP contribution in [0.15, 0.2) is 30.3 Å². The molecular formula is C18H28N2O4S. The Hall–Kier alpha value is -1.15. The molecule has 0 unspecified atom stereocenters. The Labute approximate surface area is 150 Å². The number of hydrogen-bond donors (Lipinski definition) is 1. The average Bonchev–Trinajstić information content (AvgIpc) is 2.93. The maximum Gasteiger partial charge on any atom is 0.153 e. The van der Waals surface area contributed by atoms with Gasteiger partial charge in [-0.2, -0.15) is 0 Å². The summed E-state index contributed by atoms with van der Waals surface area (Å²) in [6, 6.07) is 9.90. The van der Waals surface area contributed by atoms with E-state index in [1.807, 2.05) is 30.3 Å². The van der Waals surface area contributed by atoms with Gasteiger partial charge in [-0.3, -0.25) is 9.80 Å². The van der Waals surface area contributed by atoms with E-state index in [1.165, 1.54) is 0 Å². The number of piperazine rings is 1. The second kappa shape index (κ2) is 8.49. The van der Waals surface area contributed by atoms with Crippen molar-refractivity contribution in [3.8, 4) is 5.75 Å². The van der Waals surface area contributed by atoms with Crippen molar-refractivity contribution < 1.29 is 18.3 Å². The molecule has 2 aliphatic heterocycles. The Morgan fingerprint density at radius 2 is 1.64 bits per heavy atom. The minimum atomic E-state index is -2.97. The van der Waals surface area contributed by atoms with Crippen LogP contribution in [0.25, 0.3) is 0 Å². The molecule has 0 aliphatic carbocycles. The highest BCUT2D eigenvalue weighted by molar-refractivity contribution is 7.91. The molecule has 0 saturated carbocycles. The third kappa shape index (κ3) is 4.94. The summed E-state index contributed by atoms with van der Waals surface area (Å²) < 4.78 is 29.9. The fourth-order valence-corrected chi connectivity index (χ4v) is 5.95.